The largest absolute Gasteiger partial charge is 0.480 e. The Kier molecular flexibility index (Phi) is 5.50. The van der Waals surface area contributed by atoms with Gasteiger partial charge in [-0.25, -0.2) is 4.79 Å². The number of methoxy groups -OCH3 is 1. The number of hydrogen-bond acceptors (Lipinski definition) is 4. The Morgan fingerprint density at radius 2 is 2.26 bits per heavy atom. The summed E-state index contributed by atoms with van der Waals surface area (Å²) in [4.78, 5) is 23.0. The van der Waals surface area contributed by atoms with Gasteiger partial charge in [-0.15, -0.1) is 0 Å². The number of nitrogens with one attached hydrogen (secondary N) is 1. The van der Waals surface area contributed by atoms with Crippen molar-refractivity contribution in [3.63, 3.8) is 0 Å². The number of nitrogens with zero attached hydrogens (tertiary/aromatic N) is 2. The lowest BCUT2D eigenvalue weighted by atomic mass is 10.2. The molecule has 0 bridgehead atoms. The van der Waals surface area contributed by atoms with Gasteiger partial charge in [0, 0.05) is 27.2 Å². The number of carbonyl (C=O) groups excluding carboxylic acids is 1. The van der Waals surface area contributed by atoms with Gasteiger partial charge in [0.2, 0.25) is 0 Å². The summed E-state index contributed by atoms with van der Waals surface area (Å²) in [5.74, 6) is -1.53. The molecule has 1 heterocycles. The molecule has 1 amide bonds. The van der Waals surface area contributed by atoms with Crippen LogP contribution in [0.5, 0.6) is 0 Å². The van der Waals surface area contributed by atoms with Crippen molar-refractivity contribution >= 4 is 11.9 Å². The number of carboxylic acid groups (broad SMARTS) is 1. The Morgan fingerprint density at radius 3 is 2.74 bits per heavy atom. The van der Waals surface area contributed by atoms with Crippen LogP contribution in [0.4, 0.5) is 0 Å². The zero-order valence-electron chi connectivity index (χ0n) is 11.3. The van der Waals surface area contributed by atoms with Crippen LogP contribution >= 0.6 is 0 Å². The summed E-state index contributed by atoms with van der Waals surface area (Å²) in [7, 11) is 3.13. The molecule has 1 aromatic heterocycles. The smallest absolute Gasteiger partial charge is 0.326 e. The number of hydrogen-bond donors (Lipinski definition) is 2. The summed E-state index contributed by atoms with van der Waals surface area (Å²) in [6, 6.07) is 0.692. The maximum absolute atomic E-state index is 12.0. The molecule has 0 radical (unpaired) electrons. The van der Waals surface area contributed by atoms with Crippen LogP contribution in [-0.2, 0) is 23.0 Å². The number of aryl methyl sites for hydroxylation is 2. The van der Waals surface area contributed by atoms with Gasteiger partial charge in [0.05, 0.1) is 5.69 Å². The van der Waals surface area contributed by atoms with Crippen molar-refractivity contribution in [1.82, 2.24) is 15.1 Å². The quantitative estimate of drug-likeness (QED) is 0.737. The molecule has 0 aromatic carbocycles. The van der Waals surface area contributed by atoms with Crippen LogP contribution in [0.3, 0.4) is 0 Å². The number of amides is 1. The Labute approximate surface area is 111 Å². The normalized spacial score (nSPS) is 12.2. The monoisotopic (exact) mass is 269 g/mol. The lowest BCUT2D eigenvalue weighted by Gasteiger charge is -2.13. The maximum Gasteiger partial charge on any atom is 0.326 e. The molecule has 0 aliphatic rings. The number of ether oxygens (including phenoxy) is 1. The molecule has 1 unspecified atom stereocenters. The van der Waals surface area contributed by atoms with Crippen molar-refractivity contribution in [2.45, 2.75) is 25.8 Å². The fraction of sp³-hybridized carbons (Fsp3) is 0.583. The molecule has 0 saturated heterocycles. The number of carbonyl (C=O) groups is 2. The van der Waals surface area contributed by atoms with Crippen molar-refractivity contribution in [1.29, 1.82) is 0 Å². The van der Waals surface area contributed by atoms with Crippen molar-refractivity contribution in [2.75, 3.05) is 13.7 Å². The number of carboxylic acids is 1. The van der Waals surface area contributed by atoms with E-state index < -0.39 is 17.9 Å². The van der Waals surface area contributed by atoms with Crippen LogP contribution in [0.2, 0.25) is 0 Å². The summed E-state index contributed by atoms with van der Waals surface area (Å²) < 4.78 is 6.27. The van der Waals surface area contributed by atoms with Gasteiger partial charge in [0.15, 0.2) is 0 Å². The van der Waals surface area contributed by atoms with E-state index in [4.69, 9.17) is 9.84 Å². The highest BCUT2D eigenvalue weighted by atomic mass is 16.5. The van der Waals surface area contributed by atoms with Crippen molar-refractivity contribution < 1.29 is 19.4 Å². The van der Waals surface area contributed by atoms with E-state index in [1.165, 1.54) is 11.8 Å². The van der Waals surface area contributed by atoms with Crippen molar-refractivity contribution in [2.24, 2.45) is 7.05 Å². The average molecular weight is 269 g/mol. The molecule has 19 heavy (non-hydrogen) atoms. The summed E-state index contributed by atoms with van der Waals surface area (Å²) in [6.07, 6.45) is 0.934. The van der Waals surface area contributed by atoms with E-state index in [9.17, 15) is 9.59 Å². The second-order valence-electron chi connectivity index (χ2n) is 4.14. The zero-order valence-corrected chi connectivity index (χ0v) is 11.3. The number of aromatic nitrogens is 2. The van der Waals surface area contributed by atoms with E-state index in [0.29, 0.717) is 12.1 Å². The molecule has 0 aliphatic heterocycles. The molecule has 1 rings (SSSR count). The molecule has 0 fully saturated rings. The Balaban J connectivity index is 2.75. The van der Waals surface area contributed by atoms with Gasteiger partial charge in [-0.3, -0.25) is 9.48 Å². The standard InChI is InChI=1S/C12H19N3O4/c1-4-8-7-10(15(2)14-8)11(16)13-9(12(17)18)5-6-19-3/h7,9H,4-6H2,1-3H3,(H,13,16)(H,17,18). The van der Waals surface area contributed by atoms with Crippen molar-refractivity contribution in [3.05, 3.63) is 17.5 Å². The molecule has 0 saturated carbocycles. The second-order valence-corrected chi connectivity index (χ2v) is 4.14. The van der Waals surface area contributed by atoms with Gasteiger partial charge in [0.25, 0.3) is 5.91 Å². The van der Waals surface area contributed by atoms with Crippen LogP contribution in [0.25, 0.3) is 0 Å². The summed E-state index contributed by atoms with van der Waals surface area (Å²) in [6.45, 7) is 2.20. The molecule has 2 N–H and O–H groups in total. The van der Waals surface area contributed by atoms with Gasteiger partial charge < -0.3 is 15.2 Å². The average Bonchev–Trinajstić information content (AvgIpc) is 2.75. The van der Waals surface area contributed by atoms with E-state index in [1.54, 1.807) is 13.1 Å². The molecule has 0 aliphatic carbocycles. The van der Waals surface area contributed by atoms with Gasteiger partial charge in [-0.1, -0.05) is 6.92 Å². The highest BCUT2D eigenvalue weighted by molar-refractivity contribution is 5.95. The lowest BCUT2D eigenvalue weighted by molar-refractivity contribution is -0.139. The Morgan fingerprint density at radius 1 is 1.58 bits per heavy atom. The van der Waals surface area contributed by atoms with Gasteiger partial charge in [0.1, 0.15) is 11.7 Å². The topological polar surface area (TPSA) is 93.5 Å². The molecule has 7 heteroatoms. The first-order valence-electron chi connectivity index (χ1n) is 6.05. The van der Waals surface area contributed by atoms with Gasteiger partial charge in [-0.2, -0.15) is 5.10 Å². The second kappa shape index (κ2) is 6.89. The molecule has 106 valence electrons. The summed E-state index contributed by atoms with van der Waals surface area (Å²) >= 11 is 0. The van der Waals surface area contributed by atoms with E-state index in [1.807, 2.05) is 6.92 Å². The minimum Gasteiger partial charge on any atom is -0.480 e. The maximum atomic E-state index is 12.0. The summed E-state index contributed by atoms with van der Waals surface area (Å²) in [5, 5.41) is 15.6. The highest BCUT2D eigenvalue weighted by Gasteiger charge is 2.22. The lowest BCUT2D eigenvalue weighted by Crippen LogP contribution is -2.42. The third kappa shape index (κ3) is 4.06. The third-order valence-corrected chi connectivity index (χ3v) is 2.74. The first kappa shape index (κ1) is 15.2. The molecular weight excluding hydrogens is 250 g/mol. The fourth-order valence-corrected chi connectivity index (χ4v) is 1.64. The highest BCUT2D eigenvalue weighted by Crippen LogP contribution is 2.05. The number of rotatable bonds is 7. The molecule has 1 atom stereocenters. The minimum atomic E-state index is -1.08. The SMILES string of the molecule is CCc1cc(C(=O)NC(CCOC)C(=O)O)n(C)n1. The van der Waals surface area contributed by atoms with Crippen LogP contribution < -0.4 is 5.32 Å². The minimum absolute atomic E-state index is 0.218. The zero-order chi connectivity index (χ0) is 14.4. The van der Waals surface area contributed by atoms with Gasteiger partial charge >= 0.3 is 5.97 Å². The summed E-state index contributed by atoms with van der Waals surface area (Å²) in [5.41, 5.74) is 1.14. The Bertz CT molecular complexity index is 456. The van der Waals surface area contributed by atoms with Crippen LogP contribution in [0, 0.1) is 0 Å². The van der Waals surface area contributed by atoms with E-state index in [0.717, 1.165) is 5.69 Å². The molecule has 1 aromatic rings. The predicted molar refractivity (Wildman–Crippen MR) is 68.0 cm³/mol. The molecular formula is C12H19N3O4. The first-order valence-corrected chi connectivity index (χ1v) is 6.05. The Hall–Kier alpha value is -1.89. The predicted octanol–water partition coefficient (Wildman–Crippen LogP) is 0.202. The number of aliphatic carboxylic acids is 1. The van der Waals surface area contributed by atoms with E-state index in [2.05, 4.69) is 10.4 Å². The molecule has 7 nitrogen and oxygen atoms in total. The van der Waals surface area contributed by atoms with Crippen LogP contribution in [0.1, 0.15) is 29.5 Å². The molecule has 0 spiro atoms. The fourth-order valence-electron chi connectivity index (χ4n) is 1.64. The van der Waals surface area contributed by atoms with Crippen LogP contribution in [0.15, 0.2) is 6.07 Å². The van der Waals surface area contributed by atoms with E-state index in [-0.39, 0.29) is 13.0 Å². The van der Waals surface area contributed by atoms with Gasteiger partial charge in [-0.05, 0) is 12.5 Å². The van der Waals surface area contributed by atoms with Crippen molar-refractivity contribution in [3.8, 4) is 0 Å². The van der Waals surface area contributed by atoms with E-state index >= 15 is 0 Å². The third-order valence-electron chi connectivity index (χ3n) is 2.74. The first-order chi connectivity index (χ1) is 8.99. The van der Waals surface area contributed by atoms with Crippen LogP contribution in [-0.4, -0.2) is 46.5 Å².